The van der Waals surface area contributed by atoms with Crippen LogP contribution in [0.2, 0.25) is 0 Å². The fourth-order valence-electron chi connectivity index (χ4n) is 4.01. The maximum Gasteiger partial charge on any atom is 0.278 e. The first-order chi connectivity index (χ1) is 16.1. The molecule has 0 aliphatic carbocycles. The molecule has 2 atom stereocenters. The summed E-state index contributed by atoms with van der Waals surface area (Å²) in [6.07, 6.45) is 0.499. The summed E-state index contributed by atoms with van der Waals surface area (Å²) in [6.45, 7) is 3.70. The molecule has 4 rings (SSSR count). The van der Waals surface area contributed by atoms with Gasteiger partial charge in [0.15, 0.2) is 16.5 Å². The molecule has 34 heavy (non-hydrogen) atoms. The van der Waals surface area contributed by atoms with E-state index >= 15 is 0 Å². The zero-order chi connectivity index (χ0) is 24.7. The Hall–Kier alpha value is -3.38. The van der Waals surface area contributed by atoms with E-state index in [9.17, 15) is 28.6 Å². The first-order valence-electron chi connectivity index (χ1n) is 10.6. The fraction of sp³-hybridized carbons (Fsp3) is 0.364. The molecule has 12 heteroatoms. The minimum atomic E-state index is -0.784. The molecular weight excluding hydrogens is 468 g/mol. The lowest BCUT2D eigenvalue weighted by Crippen LogP contribution is -2.60. The molecule has 0 spiro atoms. The number of aromatic hydroxyl groups is 1. The highest BCUT2D eigenvalue weighted by Crippen LogP contribution is 2.30. The predicted octanol–water partition coefficient (Wildman–Crippen LogP) is 2.08. The maximum atomic E-state index is 14.0. The van der Waals surface area contributed by atoms with E-state index < -0.39 is 41.0 Å². The average Bonchev–Trinajstić information content (AvgIpc) is 3.24. The standard InChI is InChI=1S/C22H23F2N5O4S/c1-4-28-17(7-11(2)30)27(3)29-10-14(19(31)20(32)18(29)22(28)33)21-26-25-16(34-21)8-12-5-6-13(23)9-15(12)24/h5-6,9-11,17,30,32H,4,7-8H2,1-3H3. The third-order valence-electron chi connectivity index (χ3n) is 5.71. The minimum absolute atomic E-state index is 0.0185. The van der Waals surface area contributed by atoms with Crippen LogP contribution in [0.4, 0.5) is 8.78 Å². The van der Waals surface area contributed by atoms with Crippen LogP contribution in [0.15, 0.2) is 29.2 Å². The van der Waals surface area contributed by atoms with Crippen LogP contribution in [-0.2, 0) is 6.42 Å². The minimum Gasteiger partial charge on any atom is -0.502 e. The van der Waals surface area contributed by atoms with Crippen LogP contribution < -0.4 is 10.4 Å². The number of aliphatic hydroxyl groups excluding tert-OH is 1. The topological polar surface area (TPSA) is 112 Å². The van der Waals surface area contributed by atoms with Crippen molar-refractivity contribution in [2.45, 2.75) is 39.0 Å². The summed E-state index contributed by atoms with van der Waals surface area (Å²) in [5, 5.41) is 30.8. The fourth-order valence-corrected chi connectivity index (χ4v) is 4.88. The third-order valence-corrected chi connectivity index (χ3v) is 6.66. The van der Waals surface area contributed by atoms with Gasteiger partial charge in [-0.3, -0.25) is 19.3 Å². The van der Waals surface area contributed by atoms with Gasteiger partial charge in [-0.05, 0) is 25.5 Å². The second kappa shape index (κ2) is 9.11. The zero-order valence-corrected chi connectivity index (χ0v) is 19.5. The van der Waals surface area contributed by atoms with E-state index in [1.54, 1.807) is 25.9 Å². The van der Waals surface area contributed by atoms with Gasteiger partial charge < -0.3 is 15.1 Å². The number of pyridine rings is 1. The average molecular weight is 492 g/mol. The number of amides is 1. The molecule has 0 bridgehead atoms. The molecular formula is C22H23F2N5O4S. The van der Waals surface area contributed by atoms with Crippen molar-refractivity contribution >= 4 is 17.2 Å². The molecule has 1 aliphatic heterocycles. The number of benzene rings is 1. The van der Waals surface area contributed by atoms with Gasteiger partial charge in [-0.1, -0.05) is 17.4 Å². The molecule has 0 saturated heterocycles. The number of rotatable bonds is 6. The molecule has 0 fully saturated rings. The molecule has 2 unspecified atom stereocenters. The van der Waals surface area contributed by atoms with E-state index in [0.717, 1.165) is 23.5 Å². The first-order valence-corrected chi connectivity index (χ1v) is 11.4. The van der Waals surface area contributed by atoms with Crippen molar-refractivity contribution in [1.29, 1.82) is 0 Å². The van der Waals surface area contributed by atoms with E-state index in [4.69, 9.17) is 0 Å². The smallest absolute Gasteiger partial charge is 0.278 e. The Morgan fingerprint density at radius 1 is 1.24 bits per heavy atom. The van der Waals surface area contributed by atoms with Crippen LogP contribution in [0.25, 0.3) is 10.6 Å². The lowest BCUT2D eigenvalue weighted by molar-refractivity contribution is 0.0496. The molecule has 9 nitrogen and oxygen atoms in total. The number of halogens is 2. The summed E-state index contributed by atoms with van der Waals surface area (Å²) in [7, 11) is 1.68. The van der Waals surface area contributed by atoms with E-state index in [0.29, 0.717) is 11.6 Å². The Morgan fingerprint density at radius 3 is 2.62 bits per heavy atom. The molecule has 0 saturated carbocycles. The monoisotopic (exact) mass is 491 g/mol. The number of fused-ring (bicyclic) bond motifs is 1. The van der Waals surface area contributed by atoms with Crippen molar-refractivity contribution in [3.05, 3.63) is 62.5 Å². The lowest BCUT2D eigenvalue weighted by Gasteiger charge is -2.45. The number of hydrogen-bond donors (Lipinski definition) is 2. The zero-order valence-electron chi connectivity index (χ0n) is 18.7. The third kappa shape index (κ3) is 4.14. The molecule has 1 aliphatic rings. The summed E-state index contributed by atoms with van der Waals surface area (Å²) in [5.41, 5.74) is -0.725. The van der Waals surface area contributed by atoms with Gasteiger partial charge in [0, 0.05) is 38.7 Å². The van der Waals surface area contributed by atoms with Gasteiger partial charge in [0.25, 0.3) is 5.91 Å². The summed E-state index contributed by atoms with van der Waals surface area (Å²) < 4.78 is 28.6. The van der Waals surface area contributed by atoms with Crippen LogP contribution in [0.1, 0.15) is 41.3 Å². The highest BCUT2D eigenvalue weighted by atomic mass is 32.1. The number of hydrogen-bond acceptors (Lipinski definition) is 8. The van der Waals surface area contributed by atoms with E-state index in [-0.39, 0.29) is 34.7 Å². The highest BCUT2D eigenvalue weighted by molar-refractivity contribution is 7.14. The highest BCUT2D eigenvalue weighted by Gasteiger charge is 2.38. The van der Waals surface area contributed by atoms with Crippen molar-refractivity contribution in [2.75, 3.05) is 18.6 Å². The maximum absolute atomic E-state index is 14.0. The Morgan fingerprint density at radius 2 is 1.97 bits per heavy atom. The number of aliphatic hydroxyl groups is 1. The Kier molecular flexibility index (Phi) is 6.36. The van der Waals surface area contributed by atoms with Crippen LogP contribution >= 0.6 is 11.3 Å². The molecule has 3 heterocycles. The number of aromatic nitrogens is 3. The van der Waals surface area contributed by atoms with Crippen molar-refractivity contribution in [3.63, 3.8) is 0 Å². The summed E-state index contributed by atoms with van der Waals surface area (Å²) in [4.78, 5) is 27.5. The van der Waals surface area contributed by atoms with Gasteiger partial charge in [-0.2, -0.15) is 0 Å². The van der Waals surface area contributed by atoms with Gasteiger partial charge in [0.1, 0.15) is 22.8 Å². The molecule has 2 N–H and O–H groups in total. The van der Waals surface area contributed by atoms with Gasteiger partial charge in [0.2, 0.25) is 5.43 Å². The number of nitrogens with zero attached hydrogens (tertiary/aromatic N) is 5. The van der Waals surface area contributed by atoms with Crippen LogP contribution in [-0.4, -0.2) is 61.8 Å². The van der Waals surface area contributed by atoms with Crippen molar-refractivity contribution in [3.8, 4) is 16.3 Å². The van der Waals surface area contributed by atoms with Crippen molar-refractivity contribution in [1.82, 2.24) is 19.8 Å². The Labute approximate surface area is 197 Å². The van der Waals surface area contributed by atoms with Crippen LogP contribution in [0, 0.1) is 11.6 Å². The van der Waals surface area contributed by atoms with Gasteiger partial charge in [0.05, 0.1) is 11.7 Å². The lowest BCUT2D eigenvalue weighted by atomic mass is 10.1. The van der Waals surface area contributed by atoms with Gasteiger partial charge in [-0.25, -0.2) is 8.78 Å². The van der Waals surface area contributed by atoms with Gasteiger partial charge in [-0.15, -0.1) is 10.2 Å². The summed E-state index contributed by atoms with van der Waals surface area (Å²) in [5.74, 6) is -2.65. The molecule has 180 valence electrons. The molecule has 1 amide bonds. The molecule has 1 aromatic carbocycles. The Bertz CT molecular complexity index is 1310. The quantitative estimate of drug-likeness (QED) is 0.543. The Balaban J connectivity index is 1.75. The SMILES string of the molecule is CCN1C(=O)c2c(O)c(=O)c(-c3nnc(Cc4ccc(F)cc4F)s3)cn2N(C)C1CC(C)O. The van der Waals surface area contributed by atoms with Crippen molar-refractivity contribution < 1.29 is 23.8 Å². The van der Waals surface area contributed by atoms with E-state index in [1.165, 1.54) is 21.8 Å². The predicted molar refractivity (Wildman–Crippen MR) is 121 cm³/mol. The summed E-state index contributed by atoms with van der Waals surface area (Å²) >= 11 is 1.02. The normalized spacial score (nSPS) is 16.6. The largest absolute Gasteiger partial charge is 0.502 e. The van der Waals surface area contributed by atoms with Gasteiger partial charge >= 0.3 is 0 Å². The number of carbonyl (C=O) groups is 1. The van der Waals surface area contributed by atoms with Crippen LogP contribution in [0.5, 0.6) is 5.75 Å². The first kappa shape index (κ1) is 23.8. The molecule has 0 radical (unpaired) electrons. The molecule has 2 aromatic heterocycles. The van der Waals surface area contributed by atoms with Crippen molar-refractivity contribution in [2.24, 2.45) is 0 Å². The second-order valence-electron chi connectivity index (χ2n) is 8.06. The second-order valence-corrected chi connectivity index (χ2v) is 9.12. The van der Waals surface area contributed by atoms with E-state index in [1.807, 2.05) is 0 Å². The van der Waals surface area contributed by atoms with E-state index in [2.05, 4.69) is 10.2 Å². The van der Waals surface area contributed by atoms with Crippen LogP contribution in [0.3, 0.4) is 0 Å². The number of carbonyl (C=O) groups excluding carboxylic acids is 1. The molecule has 3 aromatic rings. The summed E-state index contributed by atoms with van der Waals surface area (Å²) in [6, 6.07) is 3.24.